The predicted molar refractivity (Wildman–Crippen MR) is 83.8 cm³/mol. The third-order valence-electron chi connectivity index (χ3n) is 3.12. The van der Waals surface area contributed by atoms with E-state index in [1.54, 1.807) is 18.2 Å². The summed E-state index contributed by atoms with van der Waals surface area (Å²) in [6.45, 7) is 0. The molecule has 2 aromatic rings. The van der Waals surface area contributed by atoms with Gasteiger partial charge >= 0.3 is 0 Å². The molecule has 0 saturated carbocycles. The molecule has 2 aromatic carbocycles. The minimum atomic E-state index is -0.480. The van der Waals surface area contributed by atoms with E-state index >= 15 is 0 Å². The van der Waals surface area contributed by atoms with E-state index in [4.69, 9.17) is 0 Å². The molecule has 1 aliphatic rings. The molecule has 3 N–H and O–H groups in total. The molecule has 4 nitrogen and oxygen atoms in total. The Bertz CT molecular complexity index is 704. The van der Waals surface area contributed by atoms with E-state index in [1.165, 1.54) is 0 Å². The highest BCUT2D eigenvalue weighted by molar-refractivity contribution is 9.11. The molecule has 1 aliphatic heterocycles. The summed E-state index contributed by atoms with van der Waals surface area (Å²) in [6, 6.07) is 10.8. The number of para-hydroxylation sites is 1. The maximum absolute atomic E-state index is 12.1. The average Bonchev–Trinajstić information content (AvgIpc) is 2.43. The van der Waals surface area contributed by atoms with E-state index in [0.29, 0.717) is 15.6 Å². The fraction of sp³-hybridized carbons (Fsp3) is 0.0714. The molecule has 20 heavy (non-hydrogen) atoms. The largest absolute Gasteiger partial charge is 0.506 e. The first-order valence-corrected chi connectivity index (χ1v) is 7.49. The van der Waals surface area contributed by atoms with Crippen molar-refractivity contribution in [2.45, 2.75) is 6.17 Å². The van der Waals surface area contributed by atoms with Gasteiger partial charge in [0.05, 0.1) is 10.0 Å². The van der Waals surface area contributed by atoms with Crippen molar-refractivity contribution in [3.63, 3.8) is 0 Å². The van der Waals surface area contributed by atoms with Crippen LogP contribution in [0.2, 0.25) is 0 Å². The van der Waals surface area contributed by atoms with Crippen LogP contribution < -0.4 is 10.6 Å². The van der Waals surface area contributed by atoms with Crippen LogP contribution in [0.3, 0.4) is 0 Å². The molecular weight excluding hydrogens is 388 g/mol. The Morgan fingerprint density at radius 3 is 2.65 bits per heavy atom. The first-order chi connectivity index (χ1) is 9.56. The summed E-state index contributed by atoms with van der Waals surface area (Å²) in [7, 11) is 0. The lowest BCUT2D eigenvalue weighted by Crippen LogP contribution is -2.38. The summed E-state index contributed by atoms with van der Waals surface area (Å²) in [5.41, 5.74) is 1.93. The van der Waals surface area contributed by atoms with Crippen molar-refractivity contribution in [2.24, 2.45) is 0 Å². The number of aromatic hydroxyl groups is 1. The van der Waals surface area contributed by atoms with Gasteiger partial charge in [0.1, 0.15) is 11.9 Å². The Kier molecular flexibility index (Phi) is 3.43. The van der Waals surface area contributed by atoms with Crippen LogP contribution in [0.25, 0.3) is 0 Å². The maximum atomic E-state index is 12.1. The van der Waals surface area contributed by atoms with E-state index in [0.717, 1.165) is 10.2 Å². The molecule has 3 rings (SSSR count). The zero-order chi connectivity index (χ0) is 14.3. The second kappa shape index (κ2) is 5.10. The van der Waals surface area contributed by atoms with Crippen LogP contribution in [-0.4, -0.2) is 11.0 Å². The van der Waals surface area contributed by atoms with Crippen molar-refractivity contribution in [3.05, 3.63) is 56.5 Å². The molecule has 6 heteroatoms. The number of anilines is 1. The number of hydrogen-bond donors (Lipinski definition) is 3. The van der Waals surface area contributed by atoms with Gasteiger partial charge in [-0.15, -0.1) is 0 Å². The monoisotopic (exact) mass is 396 g/mol. The van der Waals surface area contributed by atoms with Gasteiger partial charge in [-0.25, -0.2) is 0 Å². The predicted octanol–water partition coefficient (Wildman–Crippen LogP) is 3.77. The number of halogens is 2. The van der Waals surface area contributed by atoms with Crippen molar-refractivity contribution in [1.82, 2.24) is 5.32 Å². The molecule has 0 unspecified atom stereocenters. The topological polar surface area (TPSA) is 61.4 Å². The van der Waals surface area contributed by atoms with E-state index in [1.807, 2.05) is 18.2 Å². The quantitative estimate of drug-likeness (QED) is 0.686. The number of carbonyl (C=O) groups is 1. The van der Waals surface area contributed by atoms with Crippen LogP contribution in [0.4, 0.5) is 5.69 Å². The van der Waals surface area contributed by atoms with E-state index in [2.05, 4.69) is 42.5 Å². The number of fused-ring (bicyclic) bond motifs is 1. The molecule has 0 aliphatic carbocycles. The molecule has 102 valence electrons. The summed E-state index contributed by atoms with van der Waals surface area (Å²) < 4.78 is 1.38. The van der Waals surface area contributed by atoms with Gasteiger partial charge in [-0.2, -0.15) is 0 Å². The van der Waals surface area contributed by atoms with Crippen molar-refractivity contribution in [2.75, 3.05) is 5.32 Å². The Morgan fingerprint density at radius 2 is 1.85 bits per heavy atom. The highest BCUT2D eigenvalue weighted by Gasteiger charge is 2.26. The fourth-order valence-electron chi connectivity index (χ4n) is 2.17. The summed E-state index contributed by atoms with van der Waals surface area (Å²) in [4.78, 5) is 12.1. The molecule has 0 saturated heterocycles. The molecule has 0 bridgehead atoms. The number of phenols is 1. The minimum Gasteiger partial charge on any atom is -0.506 e. The highest BCUT2D eigenvalue weighted by atomic mass is 79.9. The smallest absolute Gasteiger partial charge is 0.255 e. The molecule has 1 atom stereocenters. The third-order valence-corrected chi connectivity index (χ3v) is 4.18. The van der Waals surface area contributed by atoms with Gasteiger partial charge < -0.3 is 15.7 Å². The maximum Gasteiger partial charge on any atom is 0.255 e. The third kappa shape index (κ3) is 2.29. The standard InChI is InChI=1S/C14H10Br2N2O2/c15-7-5-9(12(19)10(16)6-7)13-17-11-4-2-1-3-8(11)14(20)18-13/h1-6,13,17,19H,(H,18,20)/t13-/m1/s1. The van der Waals surface area contributed by atoms with Crippen LogP contribution in [0.1, 0.15) is 22.1 Å². The normalized spacial score (nSPS) is 17.1. The van der Waals surface area contributed by atoms with Gasteiger partial charge in [0.25, 0.3) is 5.91 Å². The number of amides is 1. The first kappa shape index (κ1) is 13.5. The molecule has 0 spiro atoms. The van der Waals surface area contributed by atoms with E-state index in [-0.39, 0.29) is 11.7 Å². The van der Waals surface area contributed by atoms with Crippen molar-refractivity contribution in [3.8, 4) is 5.75 Å². The Hall–Kier alpha value is -1.53. The number of hydrogen-bond acceptors (Lipinski definition) is 3. The van der Waals surface area contributed by atoms with E-state index in [9.17, 15) is 9.90 Å². The van der Waals surface area contributed by atoms with E-state index < -0.39 is 6.17 Å². The van der Waals surface area contributed by atoms with Crippen LogP contribution >= 0.6 is 31.9 Å². The lowest BCUT2D eigenvalue weighted by atomic mass is 10.1. The van der Waals surface area contributed by atoms with Crippen LogP contribution in [0.5, 0.6) is 5.75 Å². The molecule has 0 fully saturated rings. The summed E-state index contributed by atoms with van der Waals surface area (Å²) in [5, 5.41) is 16.2. The lowest BCUT2D eigenvalue weighted by molar-refractivity contribution is 0.0935. The highest BCUT2D eigenvalue weighted by Crippen LogP contribution is 2.37. The number of carbonyl (C=O) groups excluding carboxylic acids is 1. The Morgan fingerprint density at radius 1 is 1.10 bits per heavy atom. The number of rotatable bonds is 1. The molecule has 0 radical (unpaired) electrons. The molecule has 1 heterocycles. The van der Waals surface area contributed by atoms with Gasteiger partial charge in [-0.05, 0) is 40.2 Å². The van der Waals surface area contributed by atoms with Crippen LogP contribution in [-0.2, 0) is 0 Å². The second-order valence-corrected chi connectivity index (χ2v) is 6.19. The zero-order valence-electron chi connectivity index (χ0n) is 10.2. The van der Waals surface area contributed by atoms with Gasteiger partial charge in [0.15, 0.2) is 0 Å². The van der Waals surface area contributed by atoms with Crippen LogP contribution in [0.15, 0.2) is 45.3 Å². The Balaban J connectivity index is 2.04. The molecule has 0 aromatic heterocycles. The van der Waals surface area contributed by atoms with Gasteiger partial charge in [0, 0.05) is 15.7 Å². The Labute approximate surface area is 132 Å². The van der Waals surface area contributed by atoms with Crippen molar-refractivity contribution < 1.29 is 9.90 Å². The van der Waals surface area contributed by atoms with Crippen molar-refractivity contribution in [1.29, 1.82) is 0 Å². The lowest BCUT2D eigenvalue weighted by Gasteiger charge is -2.28. The average molecular weight is 398 g/mol. The summed E-state index contributed by atoms with van der Waals surface area (Å²) in [6.07, 6.45) is -0.480. The van der Waals surface area contributed by atoms with Gasteiger partial charge in [-0.1, -0.05) is 28.1 Å². The van der Waals surface area contributed by atoms with Gasteiger partial charge in [-0.3, -0.25) is 4.79 Å². The SMILES string of the molecule is O=C1N[C@H](c2cc(Br)cc(Br)c2O)Nc2ccccc21. The zero-order valence-corrected chi connectivity index (χ0v) is 13.3. The number of phenolic OH excluding ortho intramolecular Hbond substituents is 1. The second-order valence-electron chi connectivity index (χ2n) is 4.42. The first-order valence-electron chi connectivity index (χ1n) is 5.90. The van der Waals surface area contributed by atoms with Gasteiger partial charge in [0.2, 0.25) is 0 Å². The minimum absolute atomic E-state index is 0.102. The summed E-state index contributed by atoms with van der Waals surface area (Å²) in [5.74, 6) is -0.0646. The molecule has 1 amide bonds. The van der Waals surface area contributed by atoms with Crippen molar-refractivity contribution >= 4 is 43.5 Å². The fourth-order valence-corrected chi connectivity index (χ4v) is 3.43. The number of nitrogens with one attached hydrogen (secondary N) is 2. The van der Waals surface area contributed by atoms with Crippen LogP contribution in [0, 0.1) is 0 Å². The summed E-state index contributed by atoms with van der Waals surface area (Å²) >= 11 is 6.67. The number of benzene rings is 2. The molecular formula is C14H10Br2N2O2.